The summed E-state index contributed by atoms with van der Waals surface area (Å²) in [6.45, 7) is 1.12. The summed E-state index contributed by atoms with van der Waals surface area (Å²) in [5.74, 6) is -0.245. The number of thiophene rings is 1. The van der Waals surface area contributed by atoms with Crippen molar-refractivity contribution >= 4 is 33.0 Å². The molecule has 1 heterocycles. The number of halogens is 2. The lowest BCUT2D eigenvalue weighted by Gasteiger charge is -2.21. The maximum atomic E-state index is 13.1. The van der Waals surface area contributed by atoms with Crippen LogP contribution in [0.5, 0.6) is 0 Å². The molecule has 2 aromatic rings. The molecule has 2 rings (SSSR count). The number of nitrogens with zero attached hydrogens (tertiary/aromatic N) is 1. The minimum Gasteiger partial charge on any atom is -0.370 e. The molecule has 0 amide bonds. The minimum absolute atomic E-state index is 0.245. The first-order valence-electron chi connectivity index (χ1n) is 5.52. The van der Waals surface area contributed by atoms with E-state index in [4.69, 9.17) is 5.73 Å². The molecule has 0 aliphatic rings. The Bertz CT molecular complexity index is 542. The van der Waals surface area contributed by atoms with Crippen molar-refractivity contribution in [1.29, 1.82) is 0 Å². The highest BCUT2D eigenvalue weighted by Gasteiger charge is 2.09. The smallest absolute Gasteiger partial charge is 0.123 e. The summed E-state index contributed by atoms with van der Waals surface area (Å²) in [5, 5.41) is 2.10. The average Bonchev–Trinajstić information content (AvgIpc) is 2.74. The molecule has 0 aliphatic carbocycles. The van der Waals surface area contributed by atoms with E-state index in [-0.39, 0.29) is 5.82 Å². The van der Waals surface area contributed by atoms with Crippen LogP contribution in [-0.2, 0) is 13.1 Å². The van der Waals surface area contributed by atoms with Crippen molar-refractivity contribution < 1.29 is 4.39 Å². The first-order chi connectivity index (χ1) is 8.60. The zero-order valence-electron chi connectivity index (χ0n) is 9.99. The van der Waals surface area contributed by atoms with Crippen molar-refractivity contribution in [3.8, 4) is 0 Å². The second-order valence-electron chi connectivity index (χ2n) is 4.09. The van der Waals surface area contributed by atoms with E-state index >= 15 is 0 Å². The Morgan fingerprint density at radius 3 is 2.78 bits per heavy atom. The summed E-state index contributed by atoms with van der Waals surface area (Å²) in [6.07, 6.45) is 0. The van der Waals surface area contributed by atoms with Gasteiger partial charge in [0.05, 0.1) is 3.79 Å². The van der Waals surface area contributed by atoms with E-state index in [1.54, 1.807) is 17.4 Å². The van der Waals surface area contributed by atoms with Gasteiger partial charge in [-0.15, -0.1) is 11.3 Å². The van der Waals surface area contributed by atoms with Crippen molar-refractivity contribution in [2.75, 3.05) is 11.9 Å². The number of hydrogen-bond acceptors (Lipinski definition) is 3. The quantitative estimate of drug-likeness (QED) is 0.926. The largest absolute Gasteiger partial charge is 0.370 e. The lowest BCUT2D eigenvalue weighted by molar-refractivity contribution is 0.625. The Balaban J connectivity index is 2.20. The molecule has 0 bridgehead atoms. The van der Waals surface area contributed by atoms with Crippen LogP contribution in [0.15, 0.2) is 33.4 Å². The van der Waals surface area contributed by atoms with Crippen molar-refractivity contribution in [2.24, 2.45) is 5.73 Å². The molecule has 1 aromatic heterocycles. The van der Waals surface area contributed by atoms with Gasteiger partial charge in [0.2, 0.25) is 0 Å². The van der Waals surface area contributed by atoms with Gasteiger partial charge in [0.25, 0.3) is 0 Å². The van der Waals surface area contributed by atoms with Crippen molar-refractivity contribution in [3.63, 3.8) is 0 Å². The monoisotopic (exact) mass is 328 g/mol. The Hall–Kier alpha value is -0.910. The molecule has 0 aliphatic heterocycles. The zero-order valence-corrected chi connectivity index (χ0v) is 12.4. The van der Waals surface area contributed by atoms with Crippen LogP contribution in [0, 0.1) is 5.82 Å². The molecule has 18 heavy (non-hydrogen) atoms. The number of anilines is 1. The van der Waals surface area contributed by atoms with Gasteiger partial charge in [0.15, 0.2) is 0 Å². The molecule has 0 spiro atoms. The number of rotatable bonds is 4. The lowest BCUT2D eigenvalue weighted by Crippen LogP contribution is -2.18. The highest BCUT2D eigenvalue weighted by atomic mass is 79.9. The van der Waals surface area contributed by atoms with Crippen LogP contribution in [0.25, 0.3) is 0 Å². The van der Waals surface area contributed by atoms with Gasteiger partial charge in [-0.1, -0.05) is 0 Å². The molecule has 1 aromatic carbocycles. The van der Waals surface area contributed by atoms with Crippen LogP contribution < -0.4 is 10.6 Å². The van der Waals surface area contributed by atoms with E-state index in [0.717, 1.165) is 21.6 Å². The minimum atomic E-state index is -0.245. The highest BCUT2D eigenvalue weighted by Crippen LogP contribution is 2.25. The third kappa shape index (κ3) is 3.10. The summed E-state index contributed by atoms with van der Waals surface area (Å²) < 4.78 is 14.3. The summed E-state index contributed by atoms with van der Waals surface area (Å²) >= 11 is 5.11. The van der Waals surface area contributed by atoms with Crippen LogP contribution >= 0.6 is 27.3 Å². The van der Waals surface area contributed by atoms with Gasteiger partial charge in [0, 0.05) is 25.8 Å². The first kappa shape index (κ1) is 13.5. The number of nitrogens with two attached hydrogens (primary N) is 1. The van der Waals surface area contributed by atoms with E-state index in [2.05, 4.69) is 32.3 Å². The van der Waals surface area contributed by atoms with Crippen LogP contribution in [0.2, 0.25) is 0 Å². The maximum absolute atomic E-state index is 13.1. The van der Waals surface area contributed by atoms with Crippen molar-refractivity contribution in [3.05, 3.63) is 50.4 Å². The van der Waals surface area contributed by atoms with Crippen LogP contribution in [0.3, 0.4) is 0 Å². The normalized spacial score (nSPS) is 10.7. The van der Waals surface area contributed by atoms with E-state index in [0.29, 0.717) is 6.54 Å². The topological polar surface area (TPSA) is 29.3 Å². The standard InChI is InChI=1S/C13H14BrFN2S/c1-17(7-9-4-13(14)18-8-9)12-3-2-11(15)5-10(12)6-16/h2-5,8H,6-7,16H2,1H3. The van der Waals surface area contributed by atoms with Gasteiger partial charge in [0.1, 0.15) is 5.82 Å². The van der Waals surface area contributed by atoms with Gasteiger partial charge >= 0.3 is 0 Å². The maximum Gasteiger partial charge on any atom is 0.123 e. The summed E-state index contributed by atoms with van der Waals surface area (Å²) in [6, 6.07) is 6.83. The molecular formula is C13H14BrFN2S. The Morgan fingerprint density at radius 2 is 2.17 bits per heavy atom. The fraction of sp³-hybridized carbons (Fsp3) is 0.231. The Kier molecular flexibility index (Phi) is 4.37. The molecule has 5 heteroatoms. The van der Waals surface area contributed by atoms with E-state index in [1.165, 1.54) is 17.7 Å². The second-order valence-corrected chi connectivity index (χ2v) is 6.38. The molecule has 96 valence electrons. The number of benzene rings is 1. The third-order valence-corrected chi connectivity index (χ3v) is 4.27. The third-order valence-electron chi connectivity index (χ3n) is 2.71. The number of hydrogen-bond donors (Lipinski definition) is 1. The highest BCUT2D eigenvalue weighted by molar-refractivity contribution is 9.11. The Labute approximate surface area is 118 Å². The Morgan fingerprint density at radius 1 is 1.39 bits per heavy atom. The SMILES string of the molecule is CN(Cc1csc(Br)c1)c1ccc(F)cc1CN. The van der Waals surface area contributed by atoms with Gasteiger partial charge in [-0.05, 0) is 56.7 Å². The zero-order chi connectivity index (χ0) is 13.1. The fourth-order valence-electron chi connectivity index (χ4n) is 1.88. The van der Waals surface area contributed by atoms with Crippen LogP contribution in [-0.4, -0.2) is 7.05 Å². The molecule has 0 saturated carbocycles. The van der Waals surface area contributed by atoms with Gasteiger partial charge < -0.3 is 10.6 Å². The van der Waals surface area contributed by atoms with Crippen molar-refractivity contribution in [2.45, 2.75) is 13.1 Å². The van der Waals surface area contributed by atoms with Crippen LogP contribution in [0.1, 0.15) is 11.1 Å². The predicted molar refractivity (Wildman–Crippen MR) is 78.4 cm³/mol. The summed E-state index contributed by atoms with van der Waals surface area (Å²) in [5.41, 5.74) is 8.68. The molecular weight excluding hydrogens is 315 g/mol. The lowest BCUT2D eigenvalue weighted by atomic mass is 10.1. The second kappa shape index (κ2) is 5.82. The van der Waals surface area contributed by atoms with E-state index < -0.39 is 0 Å². The van der Waals surface area contributed by atoms with Gasteiger partial charge in [-0.3, -0.25) is 0 Å². The van der Waals surface area contributed by atoms with Crippen molar-refractivity contribution in [1.82, 2.24) is 0 Å². The van der Waals surface area contributed by atoms with Gasteiger partial charge in [-0.25, -0.2) is 4.39 Å². The summed E-state index contributed by atoms with van der Waals surface area (Å²) in [4.78, 5) is 2.08. The first-order valence-corrected chi connectivity index (χ1v) is 7.20. The molecule has 0 radical (unpaired) electrons. The molecule has 0 fully saturated rings. The molecule has 0 unspecified atom stereocenters. The fourth-order valence-corrected chi connectivity index (χ4v) is 3.08. The van der Waals surface area contributed by atoms with E-state index in [9.17, 15) is 4.39 Å². The molecule has 2 nitrogen and oxygen atoms in total. The average molecular weight is 329 g/mol. The van der Waals surface area contributed by atoms with Crippen LogP contribution in [0.4, 0.5) is 10.1 Å². The summed E-state index contributed by atoms with van der Waals surface area (Å²) in [7, 11) is 1.98. The van der Waals surface area contributed by atoms with Gasteiger partial charge in [-0.2, -0.15) is 0 Å². The molecule has 0 saturated heterocycles. The predicted octanol–water partition coefficient (Wildman–Crippen LogP) is 3.74. The molecule has 2 N–H and O–H groups in total. The van der Waals surface area contributed by atoms with E-state index in [1.807, 2.05) is 7.05 Å². The molecule has 0 atom stereocenters.